The first-order valence-electron chi connectivity index (χ1n) is 6.64. The second kappa shape index (κ2) is 9.28. The first-order chi connectivity index (χ1) is 8.87. The quantitative estimate of drug-likeness (QED) is 0.538. The van der Waals surface area contributed by atoms with Crippen molar-refractivity contribution in [2.45, 2.75) is 40.3 Å². The van der Waals surface area contributed by atoms with Crippen LogP contribution >= 0.6 is 15.2 Å². The maximum atomic E-state index is 12.5. The van der Waals surface area contributed by atoms with Crippen molar-refractivity contribution in [2.75, 3.05) is 32.6 Å². The molecule has 0 saturated carbocycles. The molecular formula is C11H26O6P2. The average molecular weight is 316 g/mol. The van der Waals surface area contributed by atoms with Gasteiger partial charge in [0.2, 0.25) is 0 Å². The molecule has 116 valence electrons. The molecule has 0 aromatic heterocycles. The molecular weight excluding hydrogens is 290 g/mol. The van der Waals surface area contributed by atoms with E-state index >= 15 is 0 Å². The third-order valence-corrected chi connectivity index (χ3v) is 7.38. The van der Waals surface area contributed by atoms with Crippen molar-refractivity contribution in [1.29, 1.82) is 0 Å². The molecule has 1 atom stereocenters. The predicted octanol–water partition coefficient (Wildman–Crippen LogP) is 3.91. The van der Waals surface area contributed by atoms with E-state index < -0.39 is 20.9 Å². The van der Waals surface area contributed by atoms with E-state index in [4.69, 9.17) is 18.1 Å². The zero-order chi connectivity index (χ0) is 14.9. The molecule has 0 bridgehead atoms. The lowest BCUT2D eigenvalue weighted by Crippen LogP contribution is -2.16. The Balaban J connectivity index is 4.90. The van der Waals surface area contributed by atoms with Crippen molar-refractivity contribution >= 4 is 15.2 Å². The van der Waals surface area contributed by atoms with Crippen LogP contribution in [0, 0.1) is 0 Å². The van der Waals surface area contributed by atoms with Gasteiger partial charge in [0, 0.05) is 0 Å². The third-order valence-electron chi connectivity index (χ3n) is 2.30. The minimum absolute atomic E-state index is 0.0198. The molecule has 0 rings (SSSR count). The molecule has 0 saturated heterocycles. The van der Waals surface area contributed by atoms with Crippen LogP contribution in [0.25, 0.3) is 0 Å². The summed E-state index contributed by atoms with van der Waals surface area (Å²) in [7, 11) is -6.54. The fraction of sp³-hybridized carbons (Fsp3) is 1.00. The Kier molecular flexibility index (Phi) is 9.42. The van der Waals surface area contributed by atoms with Crippen LogP contribution in [-0.2, 0) is 27.2 Å². The van der Waals surface area contributed by atoms with E-state index in [9.17, 15) is 9.13 Å². The lowest BCUT2D eigenvalue weighted by Gasteiger charge is -2.26. The normalized spacial score (nSPS) is 14.6. The summed E-state index contributed by atoms with van der Waals surface area (Å²) in [5, 5.41) is 0. The minimum atomic E-state index is -3.29. The molecule has 19 heavy (non-hydrogen) atoms. The second-order valence-corrected chi connectivity index (χ2v) is 8.43. The van der Waals surface area contributed by atoms with Crippen LogP contribution in [0.3, 0.4) is 0 Å². The monoisotopic (exact) mass is 316 g/mol. The van der Waals surface area contributed by atoms with Crippen LogP contribution in [0.2, 0.25) is 0 Å². The SMILES string of the molecule is CCOP(=O)(C[C@@H](C)P(=O)(OCC)OCC)OCC. The van der Waals surface area contributed by atoms with E-state index in [0.717, 1.165) is 0 Å². The van der Waals surface area contributed by atoms with Gasteiger partial charge in [0.05, 0.1) is 38.2 Å². The molecule has 0 aromatic carbocycles. The minimum Gasteiger partial charge on any atom is -0.309 e. The highest BCUT2D eigenvalue weighted by Crippen LogP contribution is 2.59. The van der Waals surface area contributed by atoms with Crippen LogP contribution in [0.1, 0.15) is 34.6 Å². The Morgan fingerprint density at radius 3 is 1.47 bits per heavy atom. The zero-order valence-electron chi connectivity index (χ0n) is 12.5. The number of hydrogen-bond acceptors (Lipinski definition) is 6. The van der Waals surface area contributed by atoms with Gasteiger partial charge in [0.1, 0.15) is 0 Å². The van der Waals surface area contributed by atoms with Crippen LogP contribution < -0.4 is 0 Å². The zero-order valence-corrected chi connectivity index (χ0v) is 14.2. The van der Waals surface area contributed by atoms with Gasteiger partial charge >= 0.3 is 15.2 Å². The van der Waals surface area contributed by atoms with Gasteiger partial charge in [-0.15, -0.1) is 0 Å². The molecule has 0 amide bonds. The summed E-state index contributed by atoms with van der Waals surface area (Å²) in [6.45, 7) is 9.73. The molecule has 0 aromatic rings. The van der Waals surface area contributed by atoms with Crippen LogP contribution in [0.5, 0.6) is 0 Å². The van der Waals surface area contributed by atoms with E-state index in [2.05, 4.69) is 0 Å². The van der Waals surface area contributed by atoms with E-state index in [1.54, 1.807) is 34.6 Å². The van der Waals surface area contributed by atoms with E-state index in [-0.39, 0.29) is 32.6 Å². The summed E-state index contributed by atoms with van der Waals surface area (Å²) in [4.78, 5) is 0. The van der Waals surface area contributed by atoms with Gasteiger partial charge in [-0.3, -0.25) is 9.13 Å². The molecule has 0 fully saturated rings. The Hall–Kier alpha value is 0.300. The van der Waals surface area contributed by atoms with Gasteiger partial charge in [-0.05, 0) is 27.7 Å². The highest BCUT2D eigenvalue weighted by molar-refractivity contribution is 7.58. The maximum absolute atomic E-state index is 12.5. The Morgan fingerprint density at radius 1 is 0.789 bits per heavy atom. The molecule has 8 heteroatoms. The molecule has 6 nitrogen and oxygen atoms in total. The Morgan fingerprint density at radius 2 is 1.16 bits per heavy atom. The average Bonchev–Trinajstić information content (AvgIpc) is 2.29. The van der Waals surface area contributed by atoms with Gasteiger partial charge in [0.25, 0.3) is 0 Å². The van der Waals surface area contributed by atoms with Crippen LogP contribution in [0.15, 0.2) is 0 Å². The molecule has 0 spiro atoms. The third kappa shape index (κ3) is 6.52. The Bertz CT molecular complexity index is 313. The van der Waals surface area contributed by atoms with E-state index in [1.165, 1.54) is 0 Å². The summed E-state index contributed by atoms with van der Waals surface area (Å²) in [5.41, 5.74) is -0.545. The van der Waals surface area contributed by atoms with Crippen LogP contribution in [-0.4, -0.2) is 38.2 Å². The first-order valence-corrected chi connectivity index (χ1v) is 9.98. The van der Waals surface area contributed by atoms with Gasteiger partial charge in [-0.2, -0.15) is 0 Å². The fourth-order valence-electron chi connectivity index (χ4n) is 1.61. The predicted molar refractivity (Wildman–Crippen MR) is 76.0 cm³/mol. The molecule has 0 N–H and O–H groups in total. The second-order valence-electron chi connectivity index (χ2n) is 3.85. The van der Waals surface area contributed by atoms with E-state index in [1.807, 2.05) is 0 Å². The van der Waals surface area contributed by atoms with Crippen molar-refractivity contribution in [1.82, 2.24) is 0 Å². The summed E-state index contributed by atoms with van der Waals surface area (Å²) in [6.07, 6.45) is 0.0198. The van der Waals surface area contributed by atoms with Crippen LogP contribution in [0.4, 0.5) is 0 Å². The smallest absolute Gasteiger partial charge is 0.309 e. The largest absolute Gasteiger partial charge is 0.334 e. The lowest BCUT2D eigenvalue weighted by molar-refractivity contribution is 0.205. The topological polar surface area (TPSA) is 71.1 Å². The molecule has 0 radical (unpaired) electrons. The highest BCUT2D eigenvalue weighted by atomic mass is 31.2. The number of rotatable bonds is 11. The van der Waals surface area contributed by atoms with Gasteiger partial charge in [-0.1, -0.05) is 6.92 Å². The molecule has 0 aliphatic carbocycles. The molecule has 0 unspecified atom stereocenters. The highest BCUT2D eigenvalue weighted by Gasteiger charge is 2.38. The molecule has 0 heterocycles. The summed E-state index contributed by atoms with van der Waals surface area (Å²) >= 11 is 0. The van der Waals surface area contributed by atoms with E-state index in [0.29, 0.717) is 0 Å². The lowest BCUT2D eigenvalue weighted by atomic mass is 10.6. The van der Waals surface area contributed by atoms with Gasteiger partial charge in [-0.25, -0.2) is 0 Å². The van der Waals surface area contributed by atoms with Crippen molar-refractivity contribution in [3.05, 3.63) is 0 Å². The van der Waals surface area contributed by atoms with Gasteiger partial charge in [0.15, 0.2) is 0 Å². The van der Waals surface area contributed by atoms with Gasteiger partial charge < -0.3 is 18.1 Å². The molecule has 0 aliphatic rings. The van der Waals surface area contributed by atoms with Crippen molar-refractivity contribution in [2.24, 2.45) is 0 Å². The fourth-order valence-corrected chi connectivity index (χ4v) is 6.03. The molecule has 0 aliphatic heterocycles. The van der Waals surface area contributed by atoms with Crippen molar-refractivity contribution in [3.8, 4) is 0 Å². The first kappa shape index (κ1) is 19.3. The summed E-state index contributed by atoms with van der Waals surface area (Å²) < 4.78 is 45.8. The summed E-state index contributed by atoms with van der Waals surface area (Å²) in [5.74, 6) is 0. The summed E-state index contributed by atoms with van der Waals surface area (Å²) in [6, 6.07) is 0. The Labute approximate surface area is 116 Å². The standard InChI is InChI=1S/C11H26O6P2/c1-6-14-18(12,15-7-2)10-11(5)19(13,16-8-3)17-9-4/h11H,6-10H2,1-5H3/t11-/m1/s1. The van der Waals surface area contributed by atoms with Crippen molar-refractivity contribution < 1.29 is 27.2 Å². The number of hydrogen-bond donors (Lipinski definition) is 0. The maximum Gasteiger partial charge on any atom is 0.334 e. The van der Waals surface area contributed by atoms with Crippen molar-refractivity contribution in [3.63, 3.8) is 0 Å².